The Hall–Kier alpha value is -3.52. The number of ether oxygens (including phenoxy) is 1. The predicted octanol–water partition coefficient (Wildman–Crippen LogP) is 6.10. The number of hydrogen-bond acceptors (Lipinski definition) is 8. The fourth-order valence-electron chi connectivity index (χ4n) is 7.15. The number of amides is 4. The Bertz CT molecular complexity index is 1400. The summed E-state index contributed by atoms with van der Waals surface area (Å²) in [6.45, 7) is 11.4. The quantitative estimate of drug-likeness (QED) is 0.0704. The molecule has 1 aliphatic carbocycles. The van der Waals surface area contributed by atoms with Gasteiger partial charge in [-0.3, -0.25) is 34.2 Å². The van der Waals surface area contributed by atoms with Gasteiger partial charge in [0, 0.05) is 24.6 Å². The van der Waals surface area contributed by atoms with E-state index in [1.54, 1.807) is 52.0 Å². The van der Waals surface area contributed by atoms with Gasteiger partial charge < -0.3 is 21.1 Å². The van der Waals surface area contributed by atoms with Crippen LogP contribution in [0.5, 0.6) is 0 Å². The number of halogens is 3. The lowest BCUT2D eigenvalue weighted by Gasteiger charge is -2.33. The summed E-state index contributed by atoms with van der Waals surface area (Å²) in [6.07, 6.45) is -0.0650. The monoisotopic (exact) mass is 765 g/mol. The molecule has 3 rings (SSSR count). The highest BCUT2D eigenvalue weighted by Crippen LogP contribution is 2.32. The molecule has 0 bridgehead atoms. The number of nitrogens with one attached hydrogen (secondary N) is 3. The number of likely N-dealkylation sites (tertiary alicyclic amines) is 1. The molecule has 0 radical (unpaired) electrons. The van der Waals surface area contributed by atoms with E-state index >= 15 is 0 Å². The number of benzene rings is 1. The lowest BCUT2D eigenvalue weighted by molar-refractivity contribution is -0.161. The van der Waals surface area contributed by atoms with Crippen molar-refractivity contribution in [1.82, 2.24) is 15.5 Å². The van der Waals surface area contributed by atoms with Crippen molar-refractivity contribution in [2.24, 2.45) is 41.2 Å². The number of carbonyl (C=O) groups is 5. The molecule has 1 aromatic rings. The van der Waals surface area contributed by atoms with Crippen molar-refractivity contribution in [3.63, 3.8) is 0 Å². The van der Waals surface area contributed by atoms with Gasteiger partial charge in [0.2, 0.25) is 23.6 Å². The second kappa shape index (κ2) is 21.0. The molecule has 1 heterocycles. The first-order valence-corrected chi connectivity index (χ1v) is 19.6. The van der Waals surface area contributed by atoms with Crippen molar-refractivity contribution in [2.45, 2.75) is 137 Å². The van der Waals surface area contributed by atoms with Crippen LogP contribution in [-0.2, 0) is 35.3 Å². The van der Waals surface area contributed by atoms with Gasteiger partial charge in [-0.25, -0.2) is 0 Å². The minimum absolute atomic E-state index is 0.0320. The lowest BCUT2D eigenvalue weighted by atomic mass is 9.79. The molecule has 0 spiro atoms. The van der Waals surface area contributed by atoms with Crippen LogP contribution in [0.3, 0.4) is 0 Å². The van der Waals surface area contributed by atoms with E-state index in [1.165, 1.54) is 4.90 Å². The number of carbonyl (C=O) groups excluding carboxylic acids is 5. The predicted molar refractivity (Wildman–Crippen MR) is 200 cm³/mol. The number of esters is 1. The van der Waals surface area contributed by atoms with Gasteiger partial charge in [0.05, 0.1) is 12.0 Å². The van der Waals surface area contributed by atoms with Gasteiger partial charge in [-0.1, -0.05) is 79.4 Å². The molecule has 4 atom stereocenters. The number of unbranched alkanes of at least 4 members (excludes halogenated alkanes) is 2. The van der Waals surface area contributed by atoms with Crippen molar-refractivity contribution >= 4 is 35.3 Å². The molecule has 1 aliphatic heterocycles. The first kappa shape index (κ1) is 44.9. The van der Waals surface area contributed by atoms with E-state index in [2.05, 4.69) is 16.0 Å². The van der Waals surface area contributed by atoms with Crippen molar-refractivity contribution < 1.29 is 41.9 Å². The van der Waals surface area contributed by atoms with Gasteiger partial charge in [-0.15, -0.1) is 0 Å². The molecule has 4 amide bonds. The minimum atomic E-state index is -4.64. The molecular formula is C40H62F3N5O6. The van der Waals surface area contributed by atoms with Crippen LogP contribution in [0.1, 0.15) is 111 Å². The van der Waals surface area contributed by atoms with Gasteiger partial charge in [-0.05, 0) is 80.0 Å². The summed E-state index contributed by atoms with van der Waals surface area (Å²) in [5.41, 5.74) is 7.06. The first-order chi connectivity index (χ1) is 25.4. The molecule has 0 unspecified atom stereocenters. The van der Waals surface area contributed by atoms with Crippen LogP contribution in [0.4, 0.5) is 18.9 Å². The Labute approximate surface area is 318 Å². The molecule has 54 heavy (non-hydrogen) atoms. The molecule has 5 N–H and O–H groups in total. The third kappa shape index (κ3) is 13.6. The van der Waals surface area contributed by atoms with Crippen LogP contribution in [0.2, 0.25) is 0 Å². The lowest BCUT2D eigenvalue weighted by Crippen LogP contribution is -2.58. The highest BCUT2D eigenvalue weighted by atomic mass is 19.4. The Morgan fingerprint density at radius 2 is 1.54 bits per heavy atom. The Morgan fingerprint density at radius 3 is 2.07 bits per heavy atom. The van der Waals surface area contributed by atoms with Crippen LogP contribution < -0.4 is 21.7 Å². The molecule has 0 aromatic heterocycles. The largest absolute Gasteiger partial charge is 0.461 e. The van der Waals surface area contributed by atoms with E-state index in [1.807, 2.05) is 13.8 Å². The molecule has 2 aliphatic rings. The molecular weight excluding hydrogens is 703 g/mol. The third-order valence-corrected chi connectivity index (χ3v) is 10.8. The first-order valence-electron chi connectivity index (χ1n) is 19.6. The summed E-state index contributed by atoms with van der Waals surface area (Å²) in [4.78, 5) is 65.5. The van der Waals surface area contributed by atoms with Gasteiger partial charge >= 0.3 is 12.1 Å². The summed E-state index contributed by atoms with van der Waals surface area (Å²) >= 11 is 0. The minimum Gasteiger partial charge on any atom is -0.461 e. The zero-order valence-corrected chi connectivity index (χ0v) is 32.8. The average Bonchev–Trinajstić information content (AvgIpc) is 3.40. The van der Waals surface area contributed by atoms with Crippen molar-refractivity contribution in [3.8, 4) is 0 Å². The zero-order chi connectivity index (χ0) is 40.2. The van der Waals surface area contributed by atoms with Crippen LogP contribution in [-0.4, -0.2) is 71.9 Å². The third-order valence-electron chi connectivity index (χ3n) is 10.8. The van der Waals surface area contributed by atoms with Crippen LogP contribution in [0, 0.1) is 35.5 Å². The van der Waals surface area contributed by atoms with Crippen molar-refractivity contribution in [1.29, 1.82) is 0 Å². The highest BCUT2D eigenvalue weighted by molar-refractivity contribution is 6.03. The van der Waals surface area contributed by atoms with E-state index in [9.17, 15) is 37.1 Å². The molecule has 1 aromatic carbocycles. The Balaban J connectivity index is 1.65. The number of nitrogens with two attached hydrogens (primary N) is 1. The molecule has 14 heteroatoms. The maximum absolute atomic E-state index is 14.3. The number of imide groups is 1. The fourth-order valence-corrected chi connectivity index (χ4v) is 7.15. The number of alkyl halides is 3. The number of anilines is 1. The van der Waals surface area contributed by atoms with Gasteiger partial charge in [-0.2, -0.15) is 13.2 Å². The summed E-state index contributed by atoms with van der Waals surface area (Å²) in [5.74, 6) is -2.55. The van der Waals surface area contributed by atoms with E-state index < -0.39 is 42.0 Å². The second-order valence-corrected chi connectivity index (χ2v) is 16.1. The standard InChI is InChI=1S/C40H62F3N5O6/c1-24(2)31-21-34(49)48(38(31)52)19-9-7-8-10-33(40(41,42)43)47-35(25(3)4)37(51)46-32(20-27-11-13-28(22-44)14-12-27)36(50)45-30-17-15-29(16-18-30)23-54-39(53)26(5)6/h15-18,24-28,31-33,35,47H,7-14,19-23,44H2,1-6H3,(H,45,50)(H,46,51)/t27?,28?,31-,32+,33-,35+/m1/s1. The van der Waals surface area contributed by atoms with E-state index in [0.717, 1.165) is 31.2 Å². The number of hydrogen-bond donors (Lipinski definition) is 4. The highest BCUT2D eigenvalue weighted by Gasteiger charge is 2.43. The summed E-state index contributed by atoms with van der Waals surface area (Å²) in [7, 11) is 0. The van der Waals surface area contributed by atoms with Gasteiger partial charge in [0.15, 0.2) is 0 Å². The normalized spacial score (nSPS) is 21.1. The maximum Gasteiger partial charge on any atom is 0.403 e. The van der Waals surface area contributed by atoms with Gasteiger partial charge in [0.25, 0.3) is 0 Å². The molecule has 2 fully saturated rings. The maximum atomic E-state index is 14.3. The van der Waals surface area contributed by atoms with E-state index in [4.69, 9.17) is 10.5 Å². The van der Waals surface area contributed by atoms with Crippen LogP contribution in [0.25, 0.3) is 0 Å². The van der Waals surface area contributed by atoms with Crippen LogP contribution in [0.15, 0.2) is 24.3 Å². The molecule has 1 saturated heterocycles. The second-order valence-electron chi connectivity index (χ2n) is 16.1. The Morgan fingerprint density at radius 1 is 0.907 bits per heavy atom. The van der Waals surface area contributed by atoms with Crippen molar-refractivity contribution in [3.05, 3.63) is 29.8 Å². The molecule has 11 nitrogen and oxygen atoms in total. The Kier molecular flexibility index (Phi) is 17.4. The number of nitrogens with zero attached hydrogens (tertiary/aromatic N) is 1. The van der Waals surface area contributed by atoms with Crippen molar-refractivity contribution in [2.75, 3.05) is 18.4 Å². The number of rotatable bonds is 20. The zero-order valence-electron chi connectivity index (χ0n) is 32.8. The summed E-state index contributed by atoms with van der Waals surface area (Å²) in [6, 6.07) is 2.55. The van der Waals surface area contributed by atoms with Gasteiger partial charge in [0.1, 0.15) is 18.7 Å². The SMILES string of the molecule is CC(C)C(=O)OCc1ccc(NC(=O)[C@H](CC2CCC(CN)CC2)NC(=O)[C@@H](N[C@H](CCCCCN2C(=O)C[C@H](C(C)C)C2=O)C(F)(F)F)C(C)C)cc1. The smallest absolute Gasteiger partial charge is 0.403 e. The average molecular weight is 766 g/mol. The fraction of sp³-hybridized carbons (Fsp3) is 0.725. The summed E-state index contributed by atoms with van der Waals surface area (Å²) in [5, 5.41) is 8.21. The van der Waals surface area contributed by atoms with Crippen LogP contribution >= 0.6 is 0 Å². The van der Waals surface area contributed by atoms with E-state index in [-0.39, 0.29) is 73.9 Å². The summed E-state index contributed by atoms with van der Waals surface area (Å²) < 4.78 is 48.3. The topological polar surface area (TPSA) is 160 Å². The molecule has 1 saturated carbocycles. The van der Waals surface area contributed by atoms with E-state index in [0.29, 0.717) is 37.4 Å². The molecule has 304 valence electrons.